The van der Waals surface area contributed by atoms with Crippen LogP contribution in [0.2, 0.25) is 10.0 Å². The zero-order valence-corrected chi connectivity index (χ0v) is 20.6. The van der Waals surface area contributed by atoms with Crippen LogP contribution in [-0.4, -0.2) is 32.8 Å². The van der Waals surface area contributed by atoms with E-state index in [1.54, 1.807) is 7.11 Å². The highest BCUT2D eigenvalue weighted by molar-refractivity contribution is 6.37. The molecular formula is C24H31Cl3O3. The van der Waals surface area contributed by atoms with Crippen molar-refractivity contribution in [1.29, 1.82) is 0 Å². The molecule has 0 aliphatic rings. The van der Waals surface area contributed by atoms with Crippen molar-refractivity contribution in [1.82, 2.24) is 0 Å². The summed E-state index contributed by atoms with van der Waals surface area (Å²) in [6, 6.07) is 12.0. The fraction of sp³-hybridized carbons (Fsp3) is 0.500. The van der Waals surface area contributed by atoms with Crippen LogP contribution in [0.15, 0.2) is 36.4 Å². The molecule has 30 heavy (non-hydrogen) atoms. The van der Waals surface area contributed by atoms with Gasteiger partial charge in [-0.15, -0.1) is 11.6 Å². The van der Waals surface area contributed by atoms with Gasteiger partial charge < -0.3 is 14.2 Å². The van der Waals surface area contributed by atoms with Crippen molar-refractivity contribution in [3.05, 3.63) is 57.6 Å². The highest BCUT2D eigenvalue weighted by Crippen LogP contribution is 2.40. The number of hydrogen-bond acceptors (Lipinski definition) is 3. The van der Waals surface area contributed by atoms with Crippen molar-refractivity contribution in [3.8, 4) is 11.5 Å². The lowest BCUT2D eigenvalue weighted by molar-refractivity contribution is 0.127. The van der Waals surface area contributed by atoms with Gasteiger partial charge in [-0.1, -0.05) is 63.0 Å². The van der Waals surface area contributed by atoms with Gasteiger partial charge in [0.15, 0.2) is 5.75 Å². The molecule has 2 rings (SSSR count). The third kappa shape index (κ3) is 6.68. The second kappa shape index (κ2) is 11.5. The maximum absolute atomic E-state index is 6.50. The van der Waals surface area contributed by atoms with Gasteiger partial charge in [-0.3, -0.25) is 0 Å². The second-order valence-electron chi connectivity index (χ2n) is 8.36. The second-order valence-corrected chi connectivity index (χ2v) is 9.48. The lowest BCUT2D eigenvalue weighted by atomic mass is 9.78. The Balaban J connectivity index is 2.16. The summed E-state index contributed by atoms with van der Waals surface area (Å²) in [5.74, 6) is 2.41. The number of rotatable bonds is 11. The molecule has 0 amide bonds. The molecule has 166 valence electrons. The molecule has 0 bridgehead atoms. The van der Waals surface area contributed by atoms with Gasteiger partial charge in [0.05, 0.1) is 29.9 Å². The van der Waals surface area contributed by atoms with Crippen LogP contribution in [0.3, 0.4) is 0 Å². The summed E-state index contributed by atoms with van der Waals surface area (Å²) < 4.78 is 16.8. The van der Waals surface area contributed by atoms with Gasteiger partial charge in [-0.2, -0.15) is 0 Å². The van der Waals surface area contributed by atoms with E-state index in [2.05, 4.69) is 32.9 Å². The van der Waals surface area contributed by atoms with Gasteiger partial charge >= 0.3 is 0 Å². The first-order valence-electron chi connectivity index (χ1n) is 10.1. The molecule has 0 aliphatic carbocycles. The van der Waals surface area contributed by atoms with E-state index in [-0.39, 0.29) is 11.3 Å². The van der Waals surface area contributed by atoms with Crippen LogP contribution in [0, 0.1) is 11.8 Å². The topological polar surface area (TPSA) is 27.7 Å². The minimum absolute atomic E-state index is 0.216. The average Bonchev–Trinajstić information content (AvgIpc) is 2.71. The summed E-state index contributed by atoms with van der Waals surface area (Å²) in [5, 5.41) is 0.999. The van der Waals surface area contributed by atoms with Crippen LogP contribution in [0.4, 0.5) is 0 Å². The Labute approximate surface area is 195 Å². The smallest absolute Gasteiger partial charge is 0.156 e. The van der Waals surface area contributed by atoms with Gasteiger partial charge in [0.25, 0.3) is 0 Å². The lowest BCUT2D eigenvalue weighted by Crippen LogP contribution is -2.19. The summed E-state index contributed by atoms with van der Waals surface area (Å²) in [6.45, 7) is 10.2. The Bertz CT molecular complexity index is 783. The lowest BCUT2D eigenvalue weighted by Gasteiger charge is -2.27. The minimum Gasteiger partial charge on any atom is -0.493 e. The van der Waals surface area contributed by atoms with Crippen molar-refractivity contribution in [2.24, 2.45) is 11.8 Å². The number of ether oxygens (including phenoxy) is 3. The maximum Gasteiger partial charge on any atom is 0.156 e. The molecule has 2 aromatic carbocycles. The fourth-order valence-corrected chi connectivity index (χ4v) is 3.72. The summed E-state index contributed by atoms with van der Waals surface area (Å²) in [7, 11) is 1.70. The number of methoxy groups -OCH3 is 1. The Kier molecular flexibility index (Phi) is 9.62. The first kappa shape index (κ1) is 25.1. The number of halogens is 3. The molecule has 0 saturated carbocycles. The van der Waals surface area contributed by atoms with E-state index >= 15 is 0 Å². The van der Waals surface area contributed by atoms with Crippen molar-refractivity contribution < 1.29 is 14.2 Å². The molecule has 2 aromatic rings. The van der Waals surface area contributed by atoms with E-state index in [1.807, 2.05) is 31.2 Å². The van der Waals surface area contributed by atoms with Crippen molar-refractivity contribution in [3.63, 3.8) is 0 Å². The molecule has 0 N–H and O–H groups in total. The van der Waals surface area contributed by atoms with Crippen LogP contribution in [0.25, 0.3) is 0 Å². The van der Waals surface area contributed by atoms with Crippen molar-refractivity contribution in [2.45, 2.75) is 33.1 Å². The average molecular weight is 474 g/mol. The molecule has 0 unspecified atom stereocenters. The number of benzene rings is 2. The summed E-state index contributed by atoms with van der Waals surface area (Å²) in [4.78, 5) is 0. The number of hydrogen-bond donors (Lipinski definition) is 0. The van der Waals surface area contributed by atoms with Crippen LogP contribution >= 0.6 is 34.8 Å². The molecule has 3 nitrogen and oxygen atoms in total. The molecule has 0 radical (unpaired) electrons. The first-order valence-corrected chi connectivity index (χ1v) is 11.4. The molecule has 0 aliphatic heterocycles. The van der Waals surface area contributed by atoms with E-state index < -0.39 is 0 Å². The third-order valence-corrected chi connectivity index (χ3v) is 6.15. The molecule has 0 fully saturated rings. The highest BCUT2D eigenvalue weighted by atomic mass is 35.5. The SMILES string of the molecule is COC[C@@H](C)COc1ccc(C(C)(C)c2cc(Cl)c(OC[C@H](C)CCl)c(Cl)c2)cc1. The van der Waals surface area contributed by atoms with Crippen LogP contribution in [0.1, 0.15) is 38.8 Å². The summed E-state index contributed by atoms with van der Waals surface area (Å²) in [5.41, 5.74) is 1.85. The van der Waals surface area contributed by atoms with Crippen molar-refractivity contribution >= 4 is 34.8 Å². The van der Waals surface area contributed by atoms with E-state index in [9.17, 15) is 0 Å². The van der Waals surface area contributed by atoms with Gasteiger partial charge in [0.1, 0.15) is 5.75 Å². The monoisotopic (exact) mass is 472 g/mol. The van der Waals surface area contributed by atoms with E-state index in [0.29, 0.717) is 47.4 Å². The zero-order valence-electron chi connectivity index (χ0n) is 18.3. The highest BCUT2D eigenvalue weighted by Gasteiger charge is 2.26. The Morgan fingerprint density at radius 1 is 0.833 bits per heavy atom. The maximum atomic E-state index is 6.50. The van der Waals surface area contributed by atoms with E-state index in [1.165, 1.54) is 0 Å². The molecular weight excluding hydrogens is 443 g/mol. The molecule has 0 saturated heterocycles. The third-order valence-electron chi connectivity index (χ3n) is 5.06. The molecule has 0 aromatic heterocycles. The molecule has 0 spiro atoms. The molecule has 6 heteroatoms. The van der Waals surface area contributed by atoms with Gasteiger partial charge in [0, 0.05) is 30.2 Å². The Morgan fingerprint density at radius 2 is 1.40 bits per heavy atom. The predicted molar refractivity (Wildman–Crippen MR) is 127 cm³/mol. The zero-order chi connectivity index (χ0) is 22.3. The Hall–Kier alpha value is -1.13. The number of alkyl halides is 1. The quantitative estimate of drug-likeness (QED) is 0.322. The van der Waals surface area contributed by atoms with Crippen LogP contribution in [-0.2, 0) is 10.2 Å². The predicted octanol–water partition coefficient (Wildman–Crippen LogP) is 7.23. The van der Waals surface area contributed by atoms with E-state index in [0.717, 1.165) is 16.9 Å². The molecule has 2 atom stereocenters. The summed E-state index contributed by atoms with van der Waals surface area (Å²) in [6.07, 6.45) is 0. The normalized spacial score (nSPS) is 13.7. The largest absolute Gasteiger partial charge is 0.493 e. The van der Waals surface area contributed by atoms with Crippen molar-refractivity contribution in [2.75, 3.05) is 32.8 Å². The van der Waals surface area contributed by atoms with Crippen LogP contribution < -0.4 is 9.47 Å². The molecule has 0 heterocycles. The van der Waals surface area contributed by atoms with Gasteiger partial charge in [-0.05, 0) is 35.4 Å². The standard InChI is InChI=1S/C24H31Cl3O3/c1-16(12-25)14-30-23-21(26)10-19(11-22(23)27)24(3,4)18-6-8-20(9-7-18)29-15-17(2)13-28-5/h6-11,16-17H,12-15H2,1-5H3/t16-,17-/m1/s1. The fourth-order valence-electron chi connectivity index (χ4n) is 3.03. The minimum atomic E-state index is -0.295. The first-order chi connectivity index (χ1) is 14.2. The van der Waals surface area contributed by atoms with E-state index in [4.69, 9.17) is 49.0 Å². The van der Waals surface area contributed by atoms with Gasteiger partial charge in [0.2, 0.25) is 0 Å². The Morgan fingerprint density at radius 3 is 1.93 bits per heavy atom. The summed E-state index contributed by atoms with van der Waals surface area (Å²) >= 11 is 18.9. The van der Waals surface area contributed by atoms with Crippen LogP contribution in [0.5, 0.6) is 11.5 Å². The van der Waals surface area contributed by atoms with Gasteiger partial charge in [-0.25, -0.2) is 0 Å².